The SMILES string of the molecule is CC[C@H]1Cc2ccccc2N1C(=O)OC(C)(C)C. The van der Waals surface area contributed by atoms with Crippen molar-refractivity contribution in [1.82, 2.24) is 0 Å². The van der Waals surface area contributed by atoms with E-state index in [0.717, 1.165) is 18.5 Å². The van der Waals surface area contributed by atoms with Crippen molar-refractivity contribution in [1.29, 1.82) is 0 Å². The van der Waals surface area contributed by atoms with Gasteiger partial charge in [0.25, 0.3) is 0 Å². The Bertz CT molecular complexity index is 448. The number of fused-ring (bicyclic) bond motifs is 1. The van der Waals surface area contributed by atoms with Gasteiger partial charge in [0.2, 0.25) is 0 Å². The molecule has 1 aliphatic rings. The Morgan fingerprint density at radius 2 is 2.06 bits per heavy atom. The first-order valence-corrected chi connectivity index (χ1v) is 6.52. The molecule has 1 amide bonds. The molecule has 0 fully saturated rings. The van der Waals surface area contributed by atoms with Crippen LogP contribution in [0.3, 0.4) is 0 Å². The Balaban J connectivity index is 2.27. The minimum absolute atomic E-state index is 0.220. The van der Waals surface area contributed by atoms with Crippen molar-refractivity contribution >= 4 is 11.8 Å². The van der Waals surface area contributed by atoms with Crippen LogP contribution in [0, 0.1) is 0 Å². The van der Waals surface area contributed by atoms with Crippen molar-refractivity contribution in [3.05, 3.63) is 29.8 Å². The Morgan fingerprint density at radius 3 is 2.67 bits per heavy atom. The molecule has 0 spiro atoms. The zero-order chi connectivity index (χ0) is 13.3. The average molecular weight is 247 g/mol. The van der Waals surface area contributed by atoms with Crippen LogP contribution in [-0.4, -0.2) is 17.7 Å². The highest BCUT2D eigenvalue weighted by atomic mass is 16.6. The molecular weight excluding hydrogens is 226 g/mol. The van der Waals surface area contributed by atoms with E-state index in [4.69, 9.17) is 4.74 Å². The summed E-state index contributed by atoms with van der Waals surface area (Å²) in [4.78, 5) is 14.1. The Morgan fingerprint density at radius 1 is 1.39 bits per heavy atom. The number of anilines is 1. The maximum atomic E-state index is 12.3. The van der Waals surface area contributed by atoms with E-state index in [1.54, 1.807) is 4.90 Å². The van der Waals surface area contributed by atoms with Crippen molar-refractivity contribution in [3.8, 4) is 0 Å². The predicted molar refractivity (Wildman–Crippen MR) is 72.9 cm³/mol. The topological polar surface area (TPSA) is 29.5 Å². The number of benzene rings is 1. The highest BCUT2D eigenvalue weighted by Gasteiger charge is 2.35. The van der Waals surface area contributed by atoms with Crippen LogP contribution in [0.25, 0.3) is 0 Å². The molecule has 0 N–H and O–H groups in total. The quantitative estimate of drug-likeness (QED) is 0.756. The summed E-state index contributed by atoms with van der Waals surface area (Å²) in [7, 11) is 0. The van der Waals surface area contributed by atoms with E-state index in [-0.39, 0.29) is 12.1 Å². The lowest BCUT2D eigenvalue weighted by molar-refractivity contribution is 0.0569. The normalized spacial score (nSPS) is 18.7. The smallest absolute Gasteiger partial charge is 0.415 e. The molecule has 1 aromatic carbocycles. The van der Waals surface area contributed by atoms with E-state index in [2.05, 4.69) is 13.0 Å². The minimum Gasteiger partial charge on any atom is -0.443 e. The first-order valence-electron chi connectivity index (χ1n) is 6.52. The molecule has 3 nitrogen and oxygen atoms in total. The van der Waals surface area contributed by atoms with Gasteiger partial charge in [0, 0.05) is 6.04 Å². The molecule has 1 atom stereocenters. The summed E-state index contributed by atoms with van der Waals surface area (Å²) in [6.45, 7) is 7.80. The van der Waals surface area contributed by atoms with Gasteiger partial charge in [0.1, 0.15) is 5.60 Å². The summed E-state index contributed by atoms with van der Waals surface area (Å²) in [6.07, 6.45) is 1.62. The van der Waals surface area contributed by atoms with Gasteiger partial charge >= 0.3 is 6.09 Å². The van der Waals surface area contributed by atoms with Crippen molar-refractivity contribution < 1.29 is 9.53 Å². The number of carbonyl (C=O) groups excluding carboxylic acids is 1. The molecule has 0 aromatic heterocycles. The third-order valence-corrected chi connectivity index (χ3v) is 3.13. The zero-order valence-corrected chi connectivity index (χ0v) is 11.6. The second-order valence-electron chi connectivity index (χ2n) is 5.75. The van der Waals surface area contributed by atoms with E-state index >= 15 is 0 Å². The van der Waals surface area contributed by atoms with Gasteiger partial charge in [-0.25, -0.2) is 4.79 Å². The maximum absolute atomic E-state index is 12.3. The van der Waals surface area contributed by atoms with Crippen molar-refractivity contribution in [2.24, 2.45) is 0 Å². The van der Waals surface area contributed by atoms with Crippen molar-refractivity contribution in [2.75, 3.05) is 4.90 Å². The highest BCUT2D eigenvalue weighted by Crippen LogP contribution is 2.34. The van der Waals surface area contributed by atoms with Crippen LogP contribution in [-0.2, 0) is 11.2 Å². The lowest BCUT2D eigenvalue weighted by atomic mass is 10.1. The van der Waals surface area contributed by atoms with Crippen LogP contribution in [0.2, 0.25) is 0 Å². The summed E-state index contributed by atoms with van der Waals surface area (Å²) in [5, 5.41) is 0. The number of hydrogen-bond acceptors (Lipinski definition) is 2. The molecule has 1 aliphatic heterocycles. The highest BCUT2D eigenvalue weighted by molar-refractivity contribution is 5.91. The molecule has 1 heterocycles. The van der Waals surface area contributed by atoms with Crippen LogP contribution in [0.4, 0.5) is 10.5 Å². The Labute approximate surface area is 109 Å². The van der Waals surface area contributed by atoms with Gasteiger partial charge in [-0.2, -0.15) is 0 Å². The number of carbonyl (C=O) groups is 1. The molecule has 2 rings (SSSR count). The molecule has 0 aliphatic carbocycles. The molecule has 1 aromatic rings. The van der Waals surface area contributed by atoms with Crippen molar-refractivity contribution in [2.45, 2.75) is 52.2 Å². The zero-order valence-electron chi connectivity index (χ0n) is 11.6. The fraction of sp³-hybridized carbons (Fsp3) is 0.533. The van der Waals surface area contributed by atoms with Gasteiger partial charge in [-0.3, -0.25) is 4.90 Å². The summed E-state index contributed by atoms with van der Waals surface area (Å²) >= 11 is 0. The Kier molecular flexibility index (Phi) is 3.33. The molecule has 98 valence electrons. The van der Waals surface area contributed by atoms with E-state index in [9.17, 15) is 4.79 Å². The lowest BCUT2D eigenvalue weighted by Gasteiger charge is -2.28. The molecule has 0 radical (unpaired) electrons. The molecule has 0 unspecified atom stereocenters. The van der Waals surface area contributed by atoms with Crippen LogP contribution in [0.5, 0.6) is 0 Å². The summed E-state index contributed by atoms with van der Waals surface area (Å²) in [5.74, 6) is 0. The van der Waals surface area contributed by atoms with Crippen LogP contribution in [0.15, 0.2) is 24.3 Å². The first-order chi connectivity index (χ1) is 8.42. The fourth-order valence-electron chi connectivity index (χ4n) is 2.35. The molecule has 0 bridgehead atoms. The van der Waals surface area contributed by atoms with Gasteiger partial charge < -0.3 is 4.74 Å². The number of hydrogen-bond donors (Lipinski definition) is 0. The summed E-state index contributed by atoms with van der Waals surface area (Å²) in [6, 6.07) is 8.28. The minimum atomic E-state index is -0.451. The fourth-order valence-corrected chi connectivity index (χ4v) is 2.35. The largest absolute Gasteiger partial charge is 0.443 e. The Hall–Kier alpha value is -1.51. The van der Waals surface area contributed by atoms with Crippen LogP contribution in [0.1, 0.15) is 39.7 Å². The van der Waals surface area contributed by atoms with Gasteiger partial charge in [-0.05, 0) is 45.2 Å². The monoisotopic (exact) mass is 247 g/mol. The van der Waals surface area contributed by atoms with E-state index in [1.807, 2.05) is 39.0 Å². The first kappa shape index (κ1) is 12.9. The van der Waals surface area contributed by atoms with Gasteiger partial charge in [-0.15, -0.1) is 0 Å². The third-order valence-electron chi connectivity index (χ3n) is 3.13. The summed E-state index contributed by atoms with van der Waals surface area (Å²) < 4.78 is 5.50. The molecule has 0 saturated carbocycles. The van der Waals surface area contributed by atoms with Gasteiger partial charge in [0.15, 0.2) is 0 Å². The molecule has 18 heavy (non-hydrogen) atoms. The number of ether oxygens (including phenoxy) is 1. The standard InChI is InChI=1S/C15H21NO2/c1-5-12-10-11-8-6-7-9-13(11)16(12)14(17)18-15(2,3)4/h6-9,12H,5,10H2,1-4H3/t12-/m0/s1. The van der Waals surface area contributed by atoms with Gasteiger partial charge in [-0.1, -0.05) is 25.1 Å². The maximum Gasteiger partial charge on any atom is 0.415 e. The number of para-hydroxylation sites is 1. The molecular formula is C15H21NO2. The molecule has 0 saturated heterocycles. The second kappa shape index (κ2) is 4.63. The van der Waals surface area contributed by atoms with E-state index in [1.165, 1.54) is 5.56 Å². The van der Waals surface area contributed by atoms with E-state index in [0.29, 0.717) is 0 Å². The lowest BCUT2D eigenvalue weighted by Crippen LogP contribution is -2.41. The number of rotatable bonds is 1. The predicted octanol–water partition coefficient (Wildman–Crippen LogP) is 3.76. The van der Waals surface area contributed by atoms with Crippen LogP contribution < -0.4 is 4.90 Å². The van der Waals surface area contributed by atoms with Gasteiger partial charge in [0.05, 0.1) is 5.69 Å². The van der Waals surface area contributed by atoms with E-state index < -0.39 is 5.60 Å². The average Bonchev–Trinajstić information content (AvgIpc) is 2.64. The number of amides is 1. The second-order valence-corrected chi connectivity index (χ2v) is 5.75. The number of nitrogens with zero attached hydrogens (tertiary/aromatic N) is 1. The third kappa shape index (κ3) is 2.50. The van der Waals surface area contributed by atoms with Crippen LogP contribution >= 0.6 is 0 Å². The summed E-state index contributed by atoms with van der Waals surface area (Å²) in [5.41, 5.74) is 1.78. The molecule has 3 heteroatoms. The van der Waals surface area contributed by atoms with Crippen molar-refractivity contribution in [3.63, 3.8) is 0 Å².